The zero-order valence-electron chi connectivity index (χ0n) is 11.1. The van der Waals surface area contributed by atoms with Crippen LogP contribution in [0.25, 0.3) is 0 Å². The molecule has 0 saturated carbocycles. The van der Waals surface area contributed by atoms with E-state index < -0.39 is 10.0 Å². The van der Waals surface area contributed by atoms with Gasteiger partial charge in [-0.15, -0.1) is 0 Å². The van der Waals surface area contributed by atoms with Crippen molar-refractivity contribution in [2.75, 3.05) is 16.8 Å². The number of hydrogen-bond acceptors (Lipinski definition) is 6. The first kappa shape index (κ1) is 14.2. The van der Waals surface area contributed by atoms with Gasteiger partial charge in [-0.05, 0) is 24.6 Å². The molecule has 0 fully saturated rings. The first-order chi connectivity index (χ1) is 9.45. The van der Waals surface area contributed by atoms with Crippen LogP contribution in [-0.2, 0) is 10.0 Å². The third-order valence-electron chi connectivity index (χ3n) is 2.78. The summed E-state index contributed by atoms with van der Waals surface area (Å²) in [5.41, 5.74) is 3.79. The summed E-state index contributed by atoms with van der Waals surface area (Å²) in [6.07, 6.45) is 2.42. The van der Waals surface area contributed by atoms with Gasteiger partial charge in [0, 0.05) is 7.05 Å². The average molecular weight is 293 g/mol. The predicted octanol–water partition coefficient (Wildman–Crippen LogP) is 0.896. The molecule has 20 heavy (non-hydrogen) atoms. The molecule has 0 spiro atoms. The summed E-state index contributed by atoms with van der Waals surface area (Å²) in [4.78, 5) is 7.61. The van der Waals surface area contributed by atoms with Crippen molar-refractivity contribution < 1.29 is 8.42 Å². The summed E-state index contributed by atoms with van der Waals surface area (Å²) in [6.45, 7) is 1.90. The Morgan fingerprint density at radius 3 is 2.45 bits per heavy atom. The highest BCUT2D eigenvalue weighted by Crippen LogP contribution is 2.22. The highest BCUT2D eigenvalue weighted by atomic mass is 32.2. The second kappa shape index (κ2) is 5.43. The third-order valence-corrected chi connectivity index (χ3v) is 4.52. The van der Waals surface area contributed by atoms with Gasteiger partial charge in [0.25, 0.3) is 10.0 Å². The Morgan fingerprint density at radius 1 is 1.25 bits per heavy atom. The third kappa shape index (κ3) is 2.70. The van der Waals surface area contributed by atoms with Crippen molar-refractivity contribution in [1.29, 1.82) is 0 Å². The van der Waals surface area contributed by atoms with Gasteiger partial charge in [0.15, 0.2) is 0 Å². The smallest absolute Gasteiger partial charge is 0.267 e. The zero-order chi connectivity index (χ0) is 14.8. The summed E-state index contributed by atoms with van der Waals surface area (Å²) in [6, 6.07) is 7.21. The van der Waals surface area contributed by atoms with E-state index in [1.807, 2.05) is 13.0 Å². The van der Waals surface area contributed by atoms with E-state index in [-0.39, 0.29) is 10.8 Å². The molecule has 0 aliphatic heterocycles. The SMILES string of the molecule is Cc1cccc(N(C)S(=O)(=O)c2cnc(NN)nc2)c1. The summed E-state index contributed by atoms with van der Waals surface area (Å²) in [7, 11) is -2.21. The molecule has 0 radical (unpaired) electrons. The monoisotopic (exact) mass is 293 g/mol. The average Bonchev–Trinajstić information content (AvgIpc) is 2.46. The number of nitrogens with two attached hydrogens (primary N) is 1. The molecule has 0 atom stereocenters. The van der Waals surface area contributed by atoms with E-state index in [0.29, 0.717) is 5.69 Å². The van der Waals surface area contributed by atoms with Crippen LogP contribution >= 0.6 is 0 Å². The van der Waals surface area contributed by atoms with Crippen molar-refractivity contribution in [1.82, 2.24) is 9.97 Å². The highest BCUT2D eigenvalue weighted by Gasteiger charge is 2.22. The molecule has 1 aromatic carbocycles. The number of hydrogen-bond donors (Lipinski definition) is 2. The number of aryl methyl sites for hydroxylation is 1. The van der Waals surface area contributed by atoms with Crippen LogP contribution in [0.5, 0.6) is 0 Å². The molecule has 3 N–H and O–H groups in total. The van der Waals surface area contributed by atoms with Crippen LogP contribution in [0.15, 0.2) is 41.6 Å². The quantitative estimate of drug-likeness (QED) is 0.641. The minimum atomic E-state index is -3.69. The molecule has 7 nitrogen and oxygen atoms in total. The summed E-state index contributed by atoms with van der Waals surface area (Å²) in [5.74, 6) is 5.30. The van der Waals surface area contributed by atoms with Crippen molar-refractivity contribution in [2.24, 2.45) is 5.84 Å². The maximum Gasteiger partial charge on any atom is 0.267 e. The van der Waals surface area contributed by atoms with Crippen LogP contribution in [0, 0.1) is 6.92 Å². The Morgan fingerprint density at radius 2 is 1.90 bits per heavy atom. The molecule has 106 valence electrons. The van der Waals surface area contributed by atoms with Crippen LogP contribution in [0.1, 0.15) is 5.56 Å². The second-order valence-corrected chi connectivity index (χ2v) is 6.17. The number of anilines is 2. The first-order valence-corrected chi connectivity index (χ1v) is 7.23. The van der Waals surface area contributed by atoms with E-state index in [2.05, 4.69) is 15.4 Å². The van der Waals surface area contributed by atoms with E-state index in [1.165, 1.54) is 23.7 Å². The fourth-order valence-corrected chi connectivity index (χ4v) is 2.72. The zero-order valence-corrected chi connectivity index (χ0v) is 11.9. The Labute approximate surface area is 117 Å². The van der Waals surface area contributed by atoms with E-state index >= 15 is 0 Å². The highest BCUT2D eigenvalue weighted by molar-refractivity contribution is 7.92. The molecule has 8 heteroatoms. The van der Waals surface area contributed by atoms with Crippen LogP contribution in [-0.4, -0.2) is 25.4 Å². The Kier molecular flexibility index (Phi) is 3.86. The van der Waals surface area contributed by atoms with Crippen molar-refractivity contribution >= 4 is 21.7 Å². The van der Waals surface area contributed by atoms with Gasteiger partial charge in [-0.2, -0.15) is 0 Å². The molecule has 0 aliphatic rings. The lowest BCUT2D eigenvalue weighted by Gasteiger charge is -2.19. The first-order valence-electron chi connectivity index (χ1n) is 5.79. The Balaban J connectivity index is 2.38. The van der Waals surface area contributed by atoms with Crippen LogP contribution in [0.4, 0.5) is 11.6 Å². The van der Waals surface area contributed by atoms with E-state index in [0.717, 1.165) is 5.56 Å². The number of benzene rings is 1. The number of aromatic nitrogens is 2. The molecule has 1 aromatic heterocycles. The van der Waals surface area contributed by atoms with Gasteiger partial charge in [-0.3, -0.25) is 9.73 Å². The largest absolute Gasteiger partial charge is 0.292 e. The van der Waals surface area contributed by atoms with Crippen LogP contribution < -0.4 is 15.6 Å². The molecule has 2 rings (SSSR count). The molecule has 0 amide bonds. The number of hydrazine groups is 1. The van der Waals surface area contributed by atoms with Crippen molar-refractivity contribution in [2.45, 2.75) is 11.8 Å². The normalized spacial score (nSPS) is 11.2. The standard InChI is InChI=1S/C12H15N5O2S/c1-9-4-3-5-10(6-9)17(2)20(18,19)11-7-14-12(16-13)15-8-11/h3-8H,13H2,1-2H3,(H,14,15,16). The van der Waals surface area contributed by atoms with Gasteiger partial charge in [0.2, 0.25) is 5.95 Å². The molecular weight excluding hydrogens is 278 g/mol. The second-order valence-electron chi connectivity index (χ2n) is 4.20. The number of nitrogens with zero attached hydrogens (tertiary/aromatic N) is 3. The number of nitrogen functional groups attached to an aromatic ring is 1. The maximum absolute atomic E-state index is 12.4. The number of rotatable bonds is 4. The molecule has 0 bridgehead atoms. The lowest BCUT2D eigenvalue weighted by molar-refractivity contribution is 0.593. The fraction of sp³-hybridized carbons (Fsp3) is 0.167. The van der Waals surface area contributed by atoms with Crippen LogP contribution in [0.2, 0.25) is 0 Å². The lowest BCUT2D eigenvalue weighted by Crippen LogP contribution is -2.27. The van der Waals surface area contributed by atoms with Crippen molar-refractivity contribution in [3.05, 3.63) is 42.2 Å². The lowest BCUT2D eigenvalue weighted by atomic mass is 10.2. The molecule has 0 unspecified atom stereocenters. The summed E-state index contributed by atoms with van der Waals surface area (Å²) >= 11 is 0. The predicted molar refractivity (Wildman–Crippen MR) is 76.6 cm³/mol. The minimum absolute atomic E-state index is 0.000469. The van der Waals surface area contributed by atoms with Crippen LogP contribution in [0.3, 0.4) is 0 Å². The molecule has 2 aromatic rings. The van der Waals surface area contributed by atoms with Crippen molar-refractivity contribution in [3.8, 4) is 0 Å². The van der Waals surface area contributed by atoms with Gasteiger partial charge in [0.1, 0.15) is 4.90 Å². The summed E-state index contributed by atoms with van der Waals surface area (Å²) < 4.78 is 26.1. The van der Waals surface area contributed by atoms with E-state index in [4.69, 9.17) is 5.84 Å². The van der Waals surface area contributed by atoms with Gasteiger partial charge < -0.3 is 0 Å². The number of nitrogens with one attached hydrogen (secondary N) is 1. The number of sulfonamides is 1. The summed E-state index contributed by atoms with van der Waals surface area (Å²) in [5, 5.41) is 0. The van der Waals surface area contributed by atoms with E-state index in [1.54, 1.807) is 18.2 Å². The fourth-order valence-electron chi connectivity index (χ4n) is 1.64. The van der Waals surface area contributed by atoms with Gasteiger partial charge in [-0.1, -0.05) is 12.1 Å². The van der Waals surface area contributed by atoms with Gasteiger partial charge in [-0.25, -0.2) is 24.2 Å². The van der Waals surface area contributed by atoms with Gasteiger partial charge in [0.05, 0.1) is 18.1 Å². The Hall–Kier alpha value is -2.19. The topological polar surface area (TPSA) is 101 Å². The molecular formula is C12H15N5O2S. The molecule has 0 saturated heterocycles. The van der Waals surface area contributed by atoms with Crippen molar-refractivity contribution in [3.63, 3.8) is 0 Å². The molecule has 1 heterocycles. The minimum Gasteiger partial charge on any atom is -0.292 e. The van der Waals surface area contributed by atoms with E-state index in [9.17, 15) is 8.42 Å². The van der Waals surface area contributed by atoms with Gasteiger partial charge >= 0.3 is 0 Å². The molecule has 0 aliphatic carbocycles. The maximum atomic E-state index is 12.4. The Bertz CT molecular complexity index is 700.